The number of hydrogen-bond donors (Lipinski definition) is 1. The van der Waals surface area contributed by atoms with E-state index >= 15 is 0 Å². The van der Waals surface area contributed by atoms with E-state index in [4.69, 9.17) is 10.5 Å². The fourth-order valence-corrected chi connectivity index (χ4v) is 2.03. The molecule has 4 heteroatoms. The van der Waals surface area contributed by atoms with E-state index in [2.05, 4.69) is 9.88 Å². The second-order valence-corrected chi connectivity index (χ2v) is 4.62. The van der Waals surface area contributed by atoms with Crippen LogP contribution in [-0.4, -0.2) is 36.1 Å². The van der Waals surface area contributed by atoms with Crippen LogP contribution in [0.15, 0.2) is 18.3 Å². The van der Waals surface area contributed by atoms with Crippen molar-refractivity contribution in [1.29, 1.82) is 0 Å². The summed E-state index contributed by atoms with van der Waals surface area (Å²) < 4.78 is 5.61. The normalized spacial score (nSPS) is 18.2. The Kier molecular flexibility index (Phi) is 4.34. The van der Waals surface area contributed by atoms with Crippen molar-refractivity contribution in [2.75, 3.05) is 26.2 Å². The van der Waals surface area contributed by atoms with E-state index in [1.807, 2.05) is 19.1 Å². The highest BCUT2D eigenvalue weighted by Crippen LogP contribution is 2.12. The minimum absolute atomic E-state index is 0.0288. The zero-order chi connectivity index (χ0) is 12.1. The van der Waals surface area contributed by atoms with Gasteiger partial charge in [0.25, 0.3) is 0 Å². The Bertz CT molecular complexity index is 331. The van der Waals surface area contributed by atoms with Crippen LogP contribution in [0.4, 0.5) is 0 Å². The lowest BCUT2D eigenvalue weighted by Gasteiger charge is -2.14. The number of ether oxygens (including phenoxy) is 1. The zero-order valence-electron chi connectivity index (χ0n) is 10.4. The van der Waals surface area contributed by atoms with E-state index in [0.717, 1.165) is 12.1 Å². The molecule has 1 unspecified atom stereocenters. The molecule has 1 aliphatic rings. The molecule has 2 N–H and O–H groups in total. The van der Waals surface area contributed by atoms with Gasteiger partial charge in [-0.05, 0) is 38.4 Å². The van der Waals surface area contributed by atoms with Crippen molar-refractivity contribution in [3.8, 4) is 5.88 Å². The molecule has 0 aliphatic carbocycles. The predicted octanol–water partition coefficient (Wildman–Crippen LogP) is 1.58. The van der Waals surface area contributed by atoms with Crippen LogP contribution in [0, 0.1) is 0 Å². The standard InChI is InChI=1S/C13H21N3O/c1-11(14)12-4-5-13(15-10-12)17-9-8-16-6-2-3-7-16/h4-5,10-11H,2-3,6-9,14H2,1H3. The molecule has 1 fully saturated rings. The molecular formula is C13H21N3O. The minimum atomic E-state index is 0.0288. The first-order chi connectivity index (χ1) is 8.25. The van der Waals surface area contributed by atoms with E-state index in [1.54, 1.807) is 6.20 Å². The van der Waals surface area contributed by atoms with Gasteiger partial charge in [0, 0.05) is 24.8 Å². The number of pyridine rings is 1. The van der Waals surface area contributed by atoms with E-state index < -0.39 is 0 Å². The number of nitrogens with two attached hydrogens (primary N) is 1. The van der Waals surface area contributed by atoms with Gasteiger partial charge in [0.05, 0.1) is 0 Å². The third-order valence-electron chi connectivity index (χ3n) is 3.14. The van der Waals surface area contributed by atoms with Crippen molar-refractivity contribution in [3.63, 3.8) is 0 Å². The van der Waals surface area contributed by atoms with Crippen LogP contribution in [0.3, 0.4) is 0 Å². The quantitative estimate of drug-likeness (QED) is 0.841. The average Bonchev–Trinajstić information content (AvgIpc) is 2.83. The van der Waals surface area contributed by atoms with Crippen LogP contribution in [-0.2, 0) is 0 Å². The maximum absolute atomic E-state index is 5.76. The van der Waals surface area contributed by atoms with E-state index in [1.165, 1.54) is 25.9 Å². The maximum atomic E-state index is 5.76. The summed E-state index contributed by atoms with van der Waals surface area (Å²) in [4.78, 5) is 6.67. The second kappa shape index (κ2) is 5.98. The maximum Gasteiger partial charge on any atom is 0.213 e. The van der Waals surface area contributed by atoms with Crippen LogP contribution >= 0.6 is 0 Å². The molecule has 0 bridgehead atoms. The highest BCUT2D eigenvalue weighted by atomic mass is 16.5. The number of nitrogens with zero attached hydrogens (tertiary/aromatic N) is 2. The summed E-state index contributed by atoms with van der Waals surface area (Å²) in [5.74, 6) is 0.689. The van der Waals surface area contributed by atoms with Crippen molar-refractivity contribution in [1.82, 2.24) is 9.88 Å². The van der Waals surface area contributed by atoms with Crippen molar-refractivity contribution in [2.24, 2.45) is 5.73 Å². The highest BCUT2D eigenvalue weighted by molar-refractivity contribution is 5.19. The van der Waals surface area contributed by atoms with Gasteiger partial charge in [-0.3, -0.25) is 4.90 Å². The van der Waals surface area contributed by atoms with Crippen molar-refractivity contribution in [3.05, 3.63) is 23.9 Å². The van der Waals surface area contributed by atoms with Crippen molar-refractivity contribution < 1.29 is 4.74 Å². The fraction of sp³-hybridized carbons (Fsp3) is 0.615. The highest BCUT2D eigenvalue weighted by Gasteiger charge is 2.10. The summed E-state index contributed by atoms with van der Waals surface area (Å²) in [5, 5.41) is 0. The van der Waals surface area contributed by atoms with Gasteiger partial charge in [-0.15, -0.1) is 0 Å². The summed E-state index contributed by atoms with van der Waals surface area (Å²) >= 11 is 0. The number of hydrogen-bond acceptors (Lipinski definition) is 4. The SMILES string of the molecule is CC(N)c1ccc(OCCN2CCCC2)nc1. The lowest BCUT2D eigenvalue weighted by atomic mass is 10.2. The Morgan fingerprint density at radius 3 is 2.76 bits per heavy atom. The first-order valence-corrected chi connectivity index (χ1v) is 6.32. The van der Waals surface area contributed by atoms with Crippen LogP contribution in [0.2, 0.25) is 0 Å². The van der Waals surface area contributed by atoms with Gasteiger partial charge in [0.15, 0.2) is 0 Å². The Hall–Kier alpha value is -1.13. The second-order valence-electron chi connectivity index (χ2n) is 4.62. The first-order valence-electron chi connectivity index (χ1n) is 6.32. The molecule has 4 nitrogen and oxygen atoms in total. The van der Waals surface area contributed by atoms with E-state index in [-0.39, 0.29) is 6.04 Å². The molecule has 0 radical (unpaired) electrons. The van der Waals surface area contributed by atoms with Crippen LogP contribution < -0.4 is 10.5 Å². The average molecular weight is 235 g/mol. The van der Waals surface area contributed by atoms with E-state index in [0.29, 0.717) is 12.5 Å². The molecule has 1 saturated heterocycles. The third-order valence-corrected chi connectivity index (χ3v) is 3.14. The number of rotatable bonds is 5. The Balaban J connectivity index is 1.74. The van der Waals surface area contributed by atoms with Gasteiger partial charge in [-0.25, -0.2) is 4.98 Å². The topological polar surface area (TPSA) is 51.4 Å². The van der Waals surface area contributed by atoms with Crippen LogP contribution in [0.1, 0.15) is 31.4 Å². The van der Waals surface area contributed by atoms with Gasteiger partial charge < -0.3 is 10.5 Å². The Morgan fingerprint density at radius 1 is 1.41 bits per heavy atom. The molecule has 1 aromatic rings. The van der Waals surface area contributed by atoms with Gasteiger partial charge in [-0.2, -0.15) is 0 Å². The summed E-state index contributed by atoms with van der Waals surface area (Å²) in [7, 11) is 0. The van der Waals surface area contributed by atoms with E-state index in [9.17, 15) is 0 Å². The molecule has 0 spiro atoms. The molecule has 0 saturated carbocycles. The van der Waals surface area contributed by atoms with Crippen molar-refractivity contribution in [2.45, 2.75) is 25.8 Å². The van der Waals surface area contributed by atoms with Crippen LogP contribution in [0.5, 0.6) is 5.88 Å². The Labute approximate surface area is 103 Å². The number of likely N-dealkylation sites (tertiary alicyclic amines) is 1. The summed E-state index contributed by atoms with van der Waals surface area (Å²) in [6, 6.07) is 3.90. The van der Waals surface area contributed by atoms with Gasteiger partial charge in [0.1, 0.15) is 6.61 Å². The molecule has 1 aromatic heterocycles. The lowest BCUT2D eigenvalue weighted by molar-refractivity contribution is 0.232. The first kappa shape index (κ1) is 12.3. The Morgan fingerprint density at radius 2 is 2.18 bits per heavy atom. The molecule has 2 rings (SSSR count). The molecule has 0 amide bonds. The summed E-state index contributed by atoms with van der Waals surface area (Å²) in [5.41, 5.74) is 6.80. The molecule has 0 aromatic carbocycles. The summed E-state index contributed by atoms with van der Waals surface area (Å²) in [6.07, 6.45) is 4.43. The van der Waals surface area contributed by atoms with Crippen molar-refractivity contribution >= 4 is 0 Å². The van der Waals surface area contributed by atoms with Gasteiger partial charge in [0.2, 0.25) is 5.88 Å². The fourth-order valence-electron chi connectivity index (χ4n) is 2.03. The smallest absolute Gasteiger partial charge is 0.213 e. The summed E-state index contributed by atoms with van der Waals surface area (Å²) in [6.45, 7) is 6.08. The van der Waals surface area contributed by atoms with Gasteiger partial charge in [-0.1, -0.05) is 6.07 Å². The van der Waals surface area contributed by atoms with Gasteiger partial charge >= 0.3 is 0 Å². The molecule has 2 heterocycles. The molecule has 17 heavy (non-hydrogen) atoms. The lowest BCUT2D eigenvalue weighted by Crippen LogP contribution is -2.25. The third kappa shape index (κ3) is 3.68. The number of aromatic nitrogens is 1. The molecule has 1 atom stereocenters. The predicted molar refractivity (Wildman–Crippen MR) is 68.0 cm³/mol. The monoisotopic (exact) mass is 235 g/mol. The molecular weight excluding hydrogens is 214 g/mol. The zero-order valence-corrected chi connectivity index (χ0v) is 10.4. The minimum Gasteiger partial charge on any atom is -0.476 e. The molecule has 94 valence electrons. The largest absolute Gasteiger partial charge is 0.476 e. The van der Waals surface area contributed by atoms with Crippen LogP contribution in [0.25, 0.3) is 0 Å². The molecule has 1 aliphatic heterocycles.